The number of anilines is 1. The Balaban J connectivity index is 1.52. The van der Waals surface area contributed by atoms with Crippen LogP contribution in [0.5, 0.6) is 0 Å². The van der Waals surface area contributed by atoms with Crippen LogP contribution < -0.4 is 10.6 Å². The number of carbonyl (C=O) groups is 1. The normalized spacial score (nSPS) is 10.7. The maximum atomic E-state index is 11.9. The van der Waals surface area contributed by atoms with Gasteiger partial charge in [0.25, 0.3) is 0 Å². The fourth-order valence-corrected chi connectivity index (χ4v) is 2.78. The van der Waals surface area contributed by atoms with Gasteiger partial charge in [0.2, 0.25) is 5.91 Å². The van der Waals surface area contributed by atoms with E-state index in [1.165, 1.54) is 11.3 Å². The summed E-state index contributed by atoms with van der Waals surface area (Å²) in [6.07, 6.45) is 1.73. The van der Waals surface area contributed by atoms with Gasteiger partial charge in [-0.15, -0.1) is 0 Å². The number of rotatable bonds is 5. The first-order valence-electron chi connectivity index (χ1n) is 6.57. The average molecular weight is 298 g/mol. The van der Waals surface area contributed by atoms with Gasteiger partial charge in [-0.3, -0.25) is 9.78 Å². The van der Waals surface area contributed by atoms with E-state index in [0.717, 1.165) is 15.9 Å². The number of para-hydroxylation sites is 1. The van der Waals surface area contributed by atoms with E-state index < -0.39 is 0 Å². The minimum Gasteiger partial charge on any atom is -0.303 e. The van der Waals surface area contributed by atoms with E-state index >= 15 is 0 Å². The van der Waals surface area contributed by atoms with Gasteiger partial charge in [-0.25, -0.2) is 4.98 Å². The number of benzene rings is 1. The van der Waals surface area contributed by atoms with Crippen molar-refractivity contribution in [2.24, 2.45) is 0 Å². The Labute approximate surface area is 126 Å². The Bertz CT molecular complexity index is 709. The zero-order valence-corrected chi connectivity index (χ0v) is 12.1. The van der Waals surface area contributed by atoms with Crippen LogP contribution in [0.2, 0.25) is 0 Å². The number of hydrogen-bond acceptors (Lipinski definition) is 5. The summed E-state index contributed by atoms with van der Waals surface area (Å²) in [5.74, 6) is -0.106. The Morgan fingerprint density at radius 1 is 1.14 bits per heavy atom. The molecule has 21 heavy (non-hydrogen) atoms. The minimum atomic E-state index is -0.106. The largest absolute Gasteiger partial charge is 0.303 e. The molecule has 1 amide bonds. The lowest BCUT2D eigenvalue weighted by atomic mass is 10.3. The van der Waals surface area contributed by atoms with Crippen LogP contribution in [0.4, 0.5) is 5.13 Å². The molecule has 0 aliphatic carbocycles. The van der Waals surface area contributed by atoms with E-state index in [9.17, 15) is 4.79 Å². The minimum absolute atomic E-state index is 0.106. The van der Waals surface area contributed by atoms with E-state index in [1.807, 2.05) is 42.5 Å². The van der Waals surface area contributed by atoms with Crippen molar-refractivity contribution in [2.45, 2.75) is 6.54 Å². The van der Waals surface area contributed by atoms with Crippen LogP contribution in [-0.4, -0.2) is 22.4 Å². The molecule has 0 unspecified atom stereocenters. The standard InChI is InChI=1S/C15H14N4OS/c20-14(10-16-9-11-5-3-4-8-17-11)19-15-18-12-6-1-2-7-13(12)21-15/h1-8,16H,9-10H2,(H,18,19,20). The van der Waals surface area contributed by atoms with Gasteiger partial charge >= 0.3 is 0 Å². The van der Waals surface area contributed by atoms with Gasteiger partial charge in [0.05, 0.1) is 22.5 Å². The second-order valence-electron chi connectivity index (χ2n) is 4.46. The fourth-order valence-electron chi connectivity index (χ4n) is 1.90. The van der Waals surface area contributed by atoms with Crippen LogP contribution >= 0.6 is 11.3 Å². The zero-order chi connectivity index (χ0) is 14.5. The Morgan fingerprint density at radius 3 is 2.81 bits per heavy atom. The van der Waals surface area contributed by atoms with Crippen molar-refractivity contribution < 1.29 is 4.79 Å². The summed E-state index contributed by atoms with van der Waals surface area (Å²) < 4.78 is 1.06. The van der Waals surface area contributed by atoms with Crippen LogP contribution in [0.1, 0.15) is 5.69 Å². The summed E-state index contributed by atoms with van der Waals surface area (Å²) in [7, 11) is 0. The van der Waals surface area contributed by atoms with E-state index in [4.69, 9.17) is 0 Å². The second-order valence-corrected chi connectivity index (χ2v) is 5.49. The summed E-state index contributed by atoms with van der Waals surface area (Å²) >= 11 is 1.47. The molecule has 5 nitrogen and oxygen atoms in total. The number of amides is 1. The lowest BCUT2D eigenvalue weighted by molar-refractivity contribution is -0.115. The first-order chi connectivity index (χ1) is 10.3. The molecule has 2 N–H and O–H groups in total. The van der Waals surface area contributed by atoms with E-state index in [2.05, 4.69) is 20.6 Å². The number of carbonyl (C=O) groups excluding carboxylic acids is 1. The van der Waals surface area contributed by atoms with Crippen LogP contribution in [0.15, 0.2) is 48.7 Å². The van der Waals surface area contributed by atoms with Crippen molar-refractivity contribution >= 4 is 32.6 Å². The molecule has 1 aromatic carbocycles. The molecule has 0 aliphatic rings. The topological polar surface area (TPSA) is 66.9 Å². The second kappa shape index (κ2) is 6.43. The van der Waals surface area contributed by atoms with Gasteiger partial charge in [-0.2, -0.15) is 0 Å². The third kappa shape index (κ3) is 3.62. The van der Waals surface area contributed by atoms with Crippen LogP contribution in [-0.2, 0) is 11.3 Å². The molecule has 0 aliphatic heterocycles. The van der Waals surface area contributed by atoms with Crippen molar-refractivity contribution in [2.75, 3.05) is 11.9 Å². The van der Waals surface area contributed by atoms with Gasteiger partial charge < -0.3 is 10.6 Å². The number of pyridine rings is 1. The number of aromatic nitrogens is 2. The maximum absolute atomic E-state index is 11.9. The molecule has 3 rings (SSSR count). The third-order valence-electron chi connectivity index (χ3n) is 2.86. The molecular weight excluding hydrogens is 284 g/mol. The molecule has 106 valence electrons. The summed E-state index contributed by atoms with van der Waals surface area (Å²) in [5.41, 5.74) is 1.81. The molecule has 0 atom stereocenters. The molecule has 6 heteroatoms. The maximum Gasteiger partial charge on any atom is 0.240 e. The van der Waals surface area contributed by atoms with Crippen molar-refractivity contribution in [3.63, 3.8) is 0 Å². The number of thiazole rings is 1. The van der Waals surface area contributed by atoms with Gasteiger partial charge in [-0.1, -0.05) is 29.5 Å². The first-order valence-corrected chi connectivity index (χ1v) is 7.39. The van der Waals surface area contributed by atoms with Crippen LogP contribution in [0.25, 0.3) is 10.2 Å². The van der Waals surface area contributed by atoms with Crippen molar-refractivity contribution in [3.8, 4) is 0 Å². The summed E-state index contributed by atoms with van der Waals surface area (Å²) in [6.45, 7) is 0.792. The molecule has 0 saturated heterocycles. The van der Waals surface area contributed by atoms with Gasteiger partial charge in [0.15, 0.2) is 5.13 Å². The summed E-state index contributed by atoms with van der Waals surface area (Å²) in [4.78, 5) is 20.4. The summed E-state index contributed by atoms with van der Waals surface area (Å²) in [6, 6.07) is 13.5. The molecule has 0 spiro atoms. The Hall–Kier alpha value is -2.31. The number of fused-ring (bicyclic) bond motifs is 1. The highest BCUT2D eigenvalue weighted by molar-refractivity contribution is 7.22. The van der Waals surface area contributed by atoms with Gasteiger partial charge in [0.1, 0.15) is 0 Å². The average Bonchev–Trinajstić information content (AvgIpc) is 2.90. The molecule has 2 heterocycles. The predicted molar refractivity (Wildman–Crippen MR) is 84.2 cm³/mol. The lowest BCUT2D eigenvalue weighted by Crippen LogP contribution is -2.27. The smallest absolute Gasteiger partial charge is 0.240 e. The van der Waals surface area contributed by atoms with Gasteiger partial charge in [0, 0.05) is 12.7 Å². The van der Waals surface area contributed by atoms with Crippen molar-refractivity contribution in [1.82, 2.24) is 15.3 Å². The molecule has 0 fully saturated rings. The molecule has 0 saturated carbocycles. The van der Waals surface area contributed by atoms with E-state index in [1.54, 1.807) is 6.20 Å². The Kier molecular flexibility index (Phi) is 4.18. The number of nitrogens with one attached hydrogen (secondary N) is 2. The van der Waals surface area contributed by atoms with Crippen molar-refractivity contribution in [1.29, 1.82) is 0 Å². The highest BCUT2D eigenvalue weighted by atomic mass is 32.1. The SMILES string of the molecule is O=C(CNCc1ccccn1)Nc1nc2ccccc2s1. The third-order valence-corrected chi connectivity index (χ3v) is 3.81. The highest BCUT2D eigenvalue weighted by Gasteiger charge is 2.07. The molecule has 3 aromatic rings. The fraction of sp³-hybridized carbons (Fsp3) is 0.133. The predicted octanol–water partition coefficient (Wildman–Crippen LogP) is 2.42. The molecular formula is C15H14N4OS. The van der Waals surface area contributed by atoms with E-state index in [0.29, 0.717) is 11.7 Å². The van der Waals surface area contributed by atoms with Crippen molar-refractivity contribution in [3.05, 3.63) is 54.4 Å². The molecule has 0 radical (unpaired) electrons. The van der Waals surface area contributed by atoms with Crippen LogP contribution in [0, 0.1) is 0 Å². The number of nitrogens with zero attached hydrogens (tertiary/aromatic N) is 2. The first kappa shape index (κ1) is 13.7. The lowest BCUT2D eigenvalue weighted by Gasteiger charge is -2.03. The molecule has 2 aromatic heterocycles. The molecule has 0 bridgehead atoms. The quantitative estimate of drug-likeness (QED) is 0.759. The number of hydrogen-bond donors (Lipinski definition) is 2. The van der Waals surface area contributed by atoms with E-state index in [-0.39, 0.29) is 12.5 Å². The monoisotopic (exact) mass is 298 g/mol. The summed E-state index contributed by atoms with van der Waals surface area (Å²) in [5, 5.41) is 6.49. The van der Waals surface area contributed by atoms with Crippen LogP contribution in [0.3, 0.4) is 0 Å². The Morgan fingerprint density at radius 2 is 2.00 bits per heavy atom. The van der Waals surface area contributed by atoms with Gasteiger partial charge in [-0.05, 0) is 24.3 Å². The highest BCUT2D eigenvalue weighted by Crippen LogP contribution is 2.25. The zero-order valence-electron chi connectivity index (χ0n) is 11.2.